The smallest absolute Gasteiger partial charge is 0.410 e. The summed E-state index contributed by atoms with van der Waals surface area (Å²) >= 11 is 0. The van der Waals surface area contributed by atoms with Gasteiger partial charge in [-0.2, -0.15) is 5.26 Å². The standard InChI is InChI=1S/C24H33N5O4.C6H14/c1-8-19(18(4)26-17(3)14-25)13-16(2)15-29-20(30)24(27-21(29)31)9-11-28(12-10-24)22(32)33-23(5,6)7;1-5-6(2,3)4/h8,13H,1,9-12,15H2,2-7H3,(H,27,31);5H2,1-4H3/b16-13+,19-18+,26-17?;. The normalized spacial score (nSPS) is 18.6. The van der Waals surface area contributed by atoms with Gasteiger partial charge in [0, 0.05) is 18.8 Å². The summed E-state index contributed by atoms with van der Waals surface area (Å²) in [6.07, 6.45) is 4.93. The van der Waals surface area contributed by atoms with Crippen molar-refractivity contribution in [2.45, 2.75) is 99.6 Å². The fourth-order valence-electron chi connectivity index (χ4n) is 3.77. The van der Waals surface area contributed by atoms with Crippen LogP contribution in [0.1, 0.15) is 88.5 Å². The monoisotopic (exact) mass is 541 g/mol. The molecule has 0 atom stereocenters. The van der Waals surface area contributed by atoms with Crippen LogP contribution in [-0.4, -0.2) is 64.3 Å². The molecule has 0 bridgehead atoms. The Balaban J connectivity index is 0.00000113. The quantitative estimate of drug-likeness (QED) is 0.255. The largest absolute Gasteiger partial charge is 0.444 e. The Hall–Kier alpha value is -3.41. The molecule has 1 spiro atoms. The number of ether oxygens (including phenoxy) is 1. The number of hydrogen-bond acceptors (Lipinski definition) is 6. The predicted molar refractivity (Wildman–Crippen MR) is 155 cm³/mol. The van der Waals surface area contributed by atoms with Crippen LogP contribution in [0.4, 0.5) is 9.59 Å². The number of hydrogen-bond donors (Lipinski definition) is 1. The number of nitrogens with zero attached hydrogens (tertiary/aromatic N) is 4. The van der Waals surface area contributed by atoms with Crippen LogP contribution in [0.15, 0.2) is 40.6 Å². The van der Waals surface area contributed by atoms with E-state index in [9.17, 15) is 14.4 Å². The third-order valence-electron chi connectivity index (χ3n) is 6.52. The third-order valence-corrected chi connectivity index (χ3v) is 6.52. The first kappa shape index (κ1) is 33.6. The van der Waals surface area contributed by atoms with E-state index in [1.54, 1.807) is 51.7 Å². The van der Waals surface area contributed by atoms with Crippen molar-refractivity contribution in [3.63, 3.8) is 0 Å². The molecule has 0 aliphatic carbocycles. The molecule has 1 N–H and O–H groups in total. The van der Waals surface area contributed by atoms with Crippen molar-refractivity contribution in [1.82, 2.24) is 15.1 Å². The molecular weight excluding hydrogens is 494 g/mol. The Bertz CT molecular complexity index is 1070. The predicted octanol–water partition coefficient (Wildman–Crippen LogP) is 6.14. The van der Waals surface area contributed by atoms with Gasteiger partial charge < -0.3 is 15.0 Å². The van der Waals surface area contributed by atoms with Gasteiger partial charge in [-0.3, -0.25) is 9.69 Å². The SMILES string of the molecule is C=CC(/C=C(\C)CN1C(=O)NC2(CCN(C(=O)OC(C)(C)C)CC2)C1=O)=C(/C)N=C(C)C#N.CCC(C)(C)C. The van der Waals surface area contributed by atoms with Crippen molar-refractivity contribution in [3.8, 4) is 6.07 Å². The second-order valence-electron chi connectivity index (χ2n) is 12.3. The lowest BCUT2D eigenvalue weighted by atomic mass is 9.87. The van der Waals surface area contributed by atoms with E-state index in [0.717, 1.165) is 5.57 Å². The summed E-state index contributed by atoms with van der Waals surface area (Å²) < 4.78 is 5.41. The molecule has 2 fully saturated rings. The number of carbonyl (C=O) groups excluding carboxylic acids is 3. The van der Waals surface area contributed by atoms with E-state index in [-0.39, 0.29) is 12.5 Å². The maximum absolute atomic E-state index is 13.2. The zero-order valence-electron chi connectivity index (χ0n) is 25.5. The number of piperidine rings is 1. The number of amides is 4. The van der Waals surface area contributed by atoms with Gasteiger partial charge in [0.15, 0.2) is 0 Å². The molecule has 2 saturated heterocycles. The highest BCUT2D eigenvalue weighted by atomic mass is 16.6. The molecule has 0 aromatic rings. The number of likely N-dealkylation sites (tertiary alicyclic amines) is 1. The van der Waals surface area contributed by atoms with Crippen LogP contribution in [0, 0.1) is 16.7 Å². The lowest BCUT2D eigenvalue weighted by molar-refractivity contribution is -0.132. The molecule has 9 heteroatoms. The Morgan fingerprint density at radius 2 is 1.69 bits per heavy atom. The highest BCUT2D eigenvalue weighted by Crippen LogP contribution is 2.30. The van der Waals surface area contributed by atoms with E-state index in [1.807, 2.05) is 13.0 Å². The minimum Gasteiger partial charge on any atom is -0.444 e. The zero-order valence-corrected chi connectivity index (χ0v) is 25.5. The van der Waals surface area contributed by atoms with E-state index in [1.165, 1.54) is 11.3 Å². The first-order valence-electron chi connectivity index (χ1n) is 13.5. The molecular formula is C30H47N5O4. The maximum atomic E-state index is 13.2. The number of carbonyl (C=O) groups is 3. The highest BCUT2D eigenvalue weighted by molar-refractivity contribution is 6.07. The number of nitrogens with one attached hydrogen (secondary N) is 1. The number of nitriles is 1. The van der Waals surface area contributed by atoms with Gasteiger partial charge in [-0.1, -0.05) is 58.4 Å². The molecule has 0 saturated carbocycles. The summed E-state index contributed by atoms with van der Waals surface area (Å²) in [7, 11) is 0. The summed E-state index contributed by atoms with van der Waals surface area (Å²) in [4.78, 5) is 45.1. The molecule has 0 unspecified atom stereocenters. The molecule has 4 amide bonds. The topological polar surface area (TPSA) is 115 Å². The van der Waals surface area contributed by atoms with Gasteiger partial charge >= 0.3 is 12.1 Å². The highest BCUT2D eigenvalue weighted by Gasteiger charge is 2.52. The minimum absolute atomic E-state index is 0.119. The van der Waals surface area contributed by atoms with Crippen LogP contribution in [0.3, 0.4) is 0 Å². The summed E-state index contributed by atoms with van der Waals surface area (Å²) in [6, 6.07) is 1.53. The first-order valence-corrected chi connectivity index (χ1v) is 13.5. The lowest BCUT2D eigenvalue weighted by Crippen LogP contribution is -2.56. The van der Waals surface area contributed by atoms with Crippen LogP contribution in [0.5, 0.6) is 0 Å². The maximum Gasteiger partial charge on any atom is 0.410 e. The fourth-order valence-corrected chi connectivity index (χ4v) is 3.77. The lowest BCUT2D eigenvalue weighted by Gasteiger charge is -2.37. The van der Waals surface area contributed by atoms with Gasteiger partial charge in [-0.15, -0.1) is 0 Å². The molecule has 0 aromatic carbocycles. The Morgan fingerprint density at radius 1 is 1.15 bits per heavy atom. The second kappa shape index (κ2) is 13.6. The van der Waals surface area contributed by atoms with E-state index in [4.69, 9.17) is 10.00 Å². The Kier molecular flexibility index (Phi) is 11.7. The van der Waals surface area contributed by atoms with Gasteiger partial charge in [0.05, 0.1) is 6.54 Å². The van der Waals surface area contributed by atoms with E-state index >= 15 is 0 Å². The van der Waals surface area contributed by atoms with Crippen molar-refractivity contribution in [2.24, 2.45) is 10.4 Å². The molecule has 2 aliphatic heterocycles. The average molecular weight is 542 g/mol. The van der Waals surface area contributed by atoms with Crippen LogP contribution < -0.4 is 5.32 Å². The van der Waals surface area contributed by atoms with Gasteiger partial charge in [0.25, 0.3) is 5.91 Å². The number of rotatable bonds is 5. The molecule has 9 nitrogen and oxygen atoms in total. The zero-order chi connectivity index (χ0) is 30.2. The van der Waals surface area contributed by atoms with Gasteiger partial charge in [-0.25, -0.2) is 14.6 Å². The van der Waals surface area contributed by atoms with Crippen molar-refractivity contribution in [2.75, 3.05) is 19.6 Å². The molecule has 0 radical (unpaired) electrons. The molecule has 2 heterocycles. The van der Waals surface area contributed by atoms with Crippen LogP contribution in [-0.2, 0) is 9.53 Å². The van der Waals surface area contributed by atoms with Crippen molar-refractivity contribution in [3.05, 3.63) is 35.6 Å². The van der Waals surface area contributed by atoms with Crippen LogP contribution in [0.2, 0.25) is 0 Å². The number of urea groups is 1. The second-order valence-corrected chi connectivity index (χ2v) is 12.3. The Morgan fingerprint density at radius 3 is 2.13 bits per heavy atom. The van der Waals surface area contributed by atoms with Crippen LogP contribution in [0.25, 0.3) is 0 Å². The summed E-state index contributed by atoms with van der Waals surface area (Å²) in [5.74, 6) is -0.289. The fraction of sp³-hybridized carbons (Fsp3) is 0.633. The van der Waals surface area contributed by atoms with Crippen molar-refractivity contribution < 1.29 is 19.1 Å². The molecule has 2 rings (SSSR count). The van der Waals surface area contributed by atoms with Gasteiger partial charge in [0.2, 0.25) is 0 Å². The third kappa shape index (κ3) is 10.3. The van der Waals surface area contributed by atoms with E-state index in [0.29, 0.717) is 48.3 Å². The first-order chi connectivity index (χ1) is 17.9. The molecule has 2 aliphatic rings. The Labute approximate surface area is 234 Å². The summed E-state index contributed by atoms with van der Waals surface area (Å²) in [6.45, 7) is 24.1. The number of aliphatic imine (C=N–C) groups is 1. The van der Waals surface area contributed by atoms with Crippen molar-refractivity contribution >= 4 is 23.7 Å². The van der Waals surface area contributed by atoms with E-state index < -0.39 is 23.3 Å². The molecule has 0 aromatic heterocycles. The molecule has 39 heavy (non-hydrogen) atoms. The van der Waals surface area contributed by atoms with E-state index in [2.05, 4.69) is 44.6 Å². The van der Waals surface area contributed by atoms with Gasteiger partial charge in [-0.05, 0) is 65.4 Å². The number of imide groups is 1. The summed E-state index contributed by atoms with van der Waals surface area (Å²) in [5, 5.41) is 11.8. The number of allylic oxidation sites excluding steroid dienone is 4. The molecule has 216 valence electrons. The van der Waals surface area contributed by atoms with Crippen LogP contribution >= 0.6 is 0 Å². The average Bonchev–Trinajstić information content (AvgIpc) is 3.05. The minimum atomic E-state index is -1.00. The van der Waals surface area contributed by atoms with Gasteiger partial charge in [0.1, 0.15) is 22.9 Å². The summed E-state index contributed by atoms with van der Waals surface area (Å²) in [5.41, 5.74) is 1.35. The van der Waals surface area contributed by atoms with Crippen molar-refractivity contribution in [1.29, 1.82) is 5.26 Å².